The molecule has 9 heteroatoms. The van der Waals surface area contributed by atoms with Crippen LogP contribution in [-0.4, -0.2) is 55.3 Å². The van der Waals surface area contributed by atoms with Crippen molar-refractivity contribution in [1.29, 1.82) is 0 Å². The van der Waals surface area contributed by atoms with Gasteiger partial charge < -0.3 is 18.6 Å². The molecule has 1 aliphatic heterocycles. The number of halogens is 1. The fourth-order valence-electron chi connectivity index (χ4n) is 4.19. The predicted octanol–water partition coefficient (Wildman–Crippen LogP) is 4.75. The third-order valence-corrected chi connectivity index (χ3v) is 6.51. The molecule has 1 fully saturated rings. The molecule has 180 valence electrons. The van der Waals surface area contributed by atoms with Gasteiger partial charge in [0.2, 0.25) is 0 Å². The van der Waals surface area contributed by atoms with Gasteiger partial charge in [0, 0.05) is 53.3 Å². The molecule has 0 bridgehead atoms. The number of fused-ring (bicyclic) bond motifs is 1. The van der Waals surface area contributed by atoms with Crippen LogP contribution in [-0.2, 0) is 4.18 Å². The predicted molar refractivity (Wildman–Crippen MR) is 135 cm³/mol. The number of methoxy groups -OCH3 is 1. The summed E-state index contributed by atoms with van der Waals surface area (Å²) in [5, 5.41) is 0.207. The highest BCUT2D eigenvalue weighted by molar-refractivity contribution is 7.94. The second-order valence-electron chi connectivity index (χ2n) is 8.36. The minimum Gasteiger partial charge on any atom is -0.496 e. The topological polar surface area (TPSA) is 76.7 Å². The molecule has 0 saturated carbocycles. The third kappa shape index (κ3) is 4.75. The summed E-state index contributed by atoms with van der Waals surface area (Å²) in [6, 6.07) is 16.0. The van der Waals surface area contributed by atoms with E-state index in [1.54, 1.807) is 7.11 Å². The second-order valence-corrected chi connectivity index (χ2v) is 9.33. The van der Waals surface area contributed by atoms with Crippen molar-refractivity contribution in [2.75, 3.05) is 34.4 Å². The molecular weight excluding hydrogens is 469 g/mol. The summed E-state index contributed by atoms with van der Waals surface area (Å²) in [6.45, 7) is 1.72. The maximum Gasteiger partial charge on any atom is 0.262 e. The molecular formula is C26H24FN3O4S. The fourth-order valence-corrected chi connectivity index (χ4v) is 4.63. The quantitative estimate of drug-likeness (QED) is 0.372. The van der Waals surface area contributed by atoms with Gasteiger partial charge in [0.05, 0.1) is 19.7 Å². The maximum absolute atomic E-state index is 14.1. The summed E-state index contributed by atoms with van der Waals surface area (Å²) in [5.74, 6) is 0.694. The monoisotopic (exact) mass is 493 g/mol. The summed E-state index contributed by atoms with van der Waals surface area (Å²) >= 11 is 1.29. The largest absolute Gasteiger partial charge is 0.496 e. The summed E-state index contributed by atoms with van der Waals surface area (Å²) in [7, 11) is 5.07. The summed E-state index contributed by atoms with van der Waals surface area (Å²) in [4.78, 5) is 23.4. The van der Waals surface area contributed by atoms with E-state index in [9.17, 15) is 9.18 Å². The highest BCUT2D eigenvalue weighted by Crippen LogP contribution is 2.36. The minimum absolute atomic E-state index is 0.113. The maximum atomic E-state index is 14.1. The number of likely N-dealkylation sites (tertiary alicyclic amines) is 1. The van der Waals surface area contributed by atoms with Crippen LogP contribution < -0.4 is 15.0 Å². The Bertz CT molecular complexity index is 1440. The molecule has 5 rings (SSSR count). The van der Waals surface area contributed by atoms with Crippen molar-refractivity contribution in [3.63, 3.8) is 0 Å². The number of nitrogens with one attached hydrogen (secondary N) is 1. The first-order valence-corrected chi connectivity index (χ1v) is 11.8. The lowest BCUT2D eigenvalue weighted by molar-refractivity contribution is 0.0392. The van der Waals surface area contributed by atoms with Gasteiger partial charge in [-0.25, -0.2) is 9.37 Å². The van der Waals surface area contributed by atoms with E-state index in [-0.39, 0.29) is 22.8 Å². The highest BCUT2D eigenvalue weighted by atomic mass is 32.2. The molecule has 0 radical (unpaired) electrons. The molecule has 1 aliphatic rings. The Morgan fingerprint density at radius 3 is 2.46 bits per heavy atom. The van der Waals surface area contributed by atoms with Gasteiger partial charge in [-0.05, 0) is 42.9 Å². The Labute approximate surface area is 206 Å². The van der Waals surface area contributed by atoms with Gasteiger partial charge in [-0.3, -0.25) is 9.69 Å². The van der Waals surface area contributed by atoms with Gasteiger partial charge in [-0.15, -0.1) is 0 Å². The first kappa shape index (κ1) is 23.3. The number of benzene rings is 3. The zero-order chi connectivity index (χ0) is 24.5. The number of likely N-dealkylation sites (N-methyl/N-ethyl adjacent to an activating group) is 1. The van der Waals surface area contributed by atoms with Crippen molar-refractivity contribution in [3.8, 4) is 34.0 Å². The van der Waals surface area contributed by atoms with Gasteiger partial charge in [0.25, 0.3) is 5.56 Å². The van der Waals surface area contributed by atoms with E-state index in [1.165, 1.54) is 31.3 Å². The number of H-pyrrole nitrogens is 1. The Kier molecular flexibility index (Phi) is 6.46. The number of aromatic amines is 1. The molecule has 2 heterocycles. The Balaban J connectivity index is 1.60. The van der Waals surface area contributed by atoms with Crippen molar-refractivity contribution in [3.05, 3.63) is 70.8 Å². The van der Waals surface area contributed by atoms with Crippen LogP contribution in [0, 0.1) is 5.82 Å². The number of ether oxygens (including phenoxy) is 2. The van der Waals surface area contributed by atoms with Crippen LogP contribution in [0.5, 0.6) is 11.5 Å². The van der Waals surface area contributed by atoms with Gasteiger partial charge in [0.15, 0.2) is 0 Å². The molecule has 0 atom stereocenters. The number of aromatic nitrogens is 2. The van der Waals surface area contributed by atoms with Crippen LogP contribution in [0.25, 0.3) is 33.4 Å². The van der Waals surface area contributed by atoms with E-state index in [1.807, 2.05) is 42.5 Å². The van der Waals surface area contributed by atoms with Crippen LogP contribution in [0.1, 0.15) is 0 Å². The molecule has 1 aromatic heterocycles. The number of nitrogens with zero attached hydrogens (tertiary/aromatic N) is 2. The average molecular weight is 494 g/mol. The first-order chi connectivity index (χ1) is 16.9. The van der Waals surface area contributed by atoms with Crippen molar-refractivity contribution in [1.82, 2.24) is 14.9 Å². The third-order valence-electron chi connectivity index (χ3n) is 5.88. The first-order valence-electron chi connectivity index (χ1n) is 11.0. The molecule has 7 nitrogen and oxygen atoms in total. The lowest BCUT2D eigenvalue weighted by Gasteiger charge is -2.36. The average Bonchev–Trinajstić information content (AvgIpc) is 2.83. The summed E-state index contributed by atoms with van der Waals surface area (Å²) in [6.07, 6.45) is 0.113. The molecule has 0 aliphatic carbocycles. The van der Waals surface area contributed by atoms with Crippen molar-refractivity contribution in [2.24, 2.45) is 0 Å². The van der Waals surface area contributed by atoms with Crippen molar-refractivity contribution in [2.45, 2.75) is 11.0 Å². The molecule has 0 spiro atoms. The van der Waals surface area contributed by atoms with E-state index in [2.05, 4.69) is 21.9 Å². The Morgan fingerprint density at radius 1 is 1.03 bits per heavy atom. The molecule has 3 aromatic carbocycles. The zero-order valence-electron chi connectivity index (χ0n) is 19.5. The van der Waals surface area contributed by atoms with E-state index >= 15 is 0 Å². The minimum atomic E-state index is -0.526. The SMILES string of the molecule is COSc1ccc(-c2cc(-c3nc4cc(F)cc(OC)c4c(=O)[nH]3)ccc2OC2CN(C)C2)cc1. The summed E-state index contributed by atoms with van der Waals surface area (Å²) < 4.78 is 30.7. The van der Waals surface area contributed by atoms with Crippen LogP contribution in [0.3, 0.4) is 0 Å². The molecule has 35 heavy (non-hydrogen) atoms. The van der Waals surface area contributed by atoms with Crippen molar-refractivity contribution < 1.29 is 18.0 Å². The number of hydrogen-bond acceptors (Lipinski definition) is 7. The molecule has 1 N–H and O–H groups in total. The Hall–Kier alpha value is -3.40. The molecule has 4 aromatic rings. The highest BCUT2D eigenvalue weighted by Gasteiger charge is 2.26. The van der Waals surface area contributed by atoms with Gasteiger partial charge >= 0.3 is 0 Å². The van der Waals surface area contributed by atoms with E-state index < -0.39 is 11.4 Å². The second kappa shape index (κ2) is 9.69. The van der Waals surface area contributed by atoms with Gasteiger partial charge in [0.1, 0.15) is 34.6 Å². The standard InChI is InChI=1S/C26H24FN3O4S/c1-30-13-18(14-30)34-22-9-6-16(10-20(22)15-4-7-19(8-5-15)35-33-3)25-28-21-11-17(27)12-23(32-2)24(21)26(31)29-25/h4-12,18H,13-14H2,1-3H3,(H,28,29,31). The van der Waals surface area contributed by atoms with Crippen LogP contribution in [0.15, 0.2) is 64.3 Å². The lowest BCUT2D eigenvalue weighted by Crippen LogP contribution is -2.51. The number of hydrogen-bond donors (Lipinski definition) is 1. The van der Waals surface area contributed by atoms with Crippen LogP contribution in [0.2, 0.25) is 0 Å². The van der Waals surface area contributed by atoms with Crippen LogP contribution >= 0.6 is 12.0 Å². The summed E-state index contributed by atoms with van der Waals surface area (Å²) in [5.41, 5.74) is 2.31. The van der Waals surface area contributed by atoms with Crippen LogP contribution in [0.4, 0.5) is 4.39 Å². The molecule has 0 amide bonds. The molecule has 1 saturated heterocycles. The Morgan fingerprint density at radius 2 is 1.77 bits per heavy atom. The van der Waals surface area contributed by atoms with Gasteiger partial charge in [-0.2, -0.15) is 0 Å². The number of rotatable bonds is 7. The van der Waals surface area contributed by atoms with E-state index in [0.717, 1.165) is 34.9 Å². The zero-order valence-corrected chi connectivity index (χ0v) is 20.3. The lowest BCUT2D eigenvalue weighted by atomic mass is 10.0. The van der Waals surface area contributed by atoms with Crippen molar-refractivity contribution >= 4 is 22.9 Å². The van der Waals surface area contributed by atoms with E-state index in [0.29, 0.717) is 11.4 Å². The fraction of sp³-hybridized carbons (Fsp3) is 0.231. The smallest absolute Gasteiger partial charge is 0.262 e. The van der Waals surface area contributed by atoms with E-state index in [4.69, 9.17) is 13.7 Å². The normalized spacial score (nSPS) is 14.2. The molecule has 0 unspecified atom stereocenters. The van der Waals surface area contributed by atoms with Gasteiger partial charge in [-0.1, -0.05) is 12.1 Å².